The molecular formula is C32H32F2N6O3S. The van der Waals surface area contributed by atoms with Gasteiger partial charge in [-0.05, 0) is 55.7 Å². The maximum Gasteiger partial charge on any atom is 0.355 e. The van der Waals surface area contributed by atoms with Crippen molar-refractivity contribution in [3.05, 3.63) is 77.0 Å². The van der Waals surface area contributed by atoms with Gasteiger partial charge in [-0.2, -0.15) is 4.98 Å². The molecule has 5 heterocycles. The summed E-state index contributed by atoms with van der Waals surface area (Å²) in [5, 5.41) is 0.288. The number of fused-ring (bicyclic) bond motifs is 6. The predicted octanol–water partition coefficient (Wildman–Crippen LogP) is 5.34. The van der Waals surface area contributed by atoms with Gasteiger partial charge < -0.3 is 14.5 Å². The molecule has 12 heteroatoms. The third-order valence-electron chi connectivity index (χ3n) is 7.88. The van der Waals surface area contributed by atoms with Crippen molar-refractivity contribution in [3.63, 3.8) is 0 Å². The zero-order valence-electron chi connectivity index (χ0n) is 24.7. The Bertz CT molecular complexity index is 1850. The van der Waals surface area contributed by atoms with Crippen LogP contribution in [0.2, 0.25) is 0 Å². The highest BCUT2D eigenvalue weighted by molar-refractivity contribution is 7.99. The SMILES string of the molecule is C=CC(=O)N1CCN(c2nc(=O)n3c4nc(c(F)cc24)-c2cc(ccc2F)OCCCSc2ccnc(C(C)C)c2-3)[C@@H](C)C1. The molecule has 228 valence electrons. The lowest BCUT2D eigenvalue weighted by Crippen LogP contribution is -2.54. The number of rotatable bonds is 3. The second kappa shape index (κ2) is 12.0. The van der Waals surface area contributed by atoms with Gasteiger partial charge in [0.1, 0.15) is 28.9 Å². The van der Waals surface area contributed by atoms with Crippen molar-refractivity contribution in [2.45, 2.75) is 44.0 Å². The molecule has 0 aliphatic carbocycles. The van der Waals surface area contributed by atoms with Crippen molar-refractivity contribution in [1.29, 1.82) is 0 Å². The molecule has 9 nitrogen and oxygen atoms in total. The summed E-state index contributed by atoms with van der Waals surface area (Å²) in [6.07, 6.45) is 3.65. The fourth-order valence-corrected chi connectivity index (χ4v) is 6.71. The fraction of sp³-hybridized carbons (Fsp3) is 0.344. The maximum absolute atomic E-state index is 16.1. The minimum atomic E-state index is -0.771. The number of nitrogens with zero attached hydrogens (tertiary/aromatic N) is 6. The van der Waals surface area contributed by atoms with Crippen LogP contribution in [0.5, 0.6) is 5.75 Å². The lowest BCUT2D eigenvalue weighted by molar-refractivity contribution is -0.126. The highest BCUT2D eigenvalue weighted by atomic mass is 32.2. The summed E-state index contributed by atoms with van der Waals surface area (Å²) in [7, 11) is 0. The molecule has 0 N–H and O–H groups in total. The van der Waals surface area contributed by atoms with Gasteiger partial charge in [0.2, 0.25) is 5.91 Å². The van der Waals surface area contributed by atoms with E-state index in [-0.39, 0.29) is 46.0 Å². The first-order valence-electron chi connectivity index (χ1n) is 14.5. The van der Waals surface area contributed by atoms with Crippen LogP contribution < -0.4 is 15.3 Å². The molecule has 4 aromatic rings. The van der Waals surface area contributed by atoms with Crippen LogP contribution >= 0.6 is 11.8 Å². The first-order valence-corrected chi connectivity index (χ1v) is 15.5. The fourth-order valence-electron chi connectivity index (χ4n) is 5.74. The number of benzene rings is 1. The number of ether oxygens (including phenoxy) is 1. The van der Waals surface area contributed by atoms with Crippen molar-refractivity contribution >= 4 is 34.5 Å². The van der Waals surface area contributed by atoms with E-state index in [0.29, 0.717) is 55.5 Å². The van der Waals surface area contributed by atoms with Gasteiger partial charge in [0.25, 0.3) is 0 Å². The zero-order valence-corrected chi connectivity index (χ0v) is 25.5. The van der Waals surface area contributed by atoms with Crippen molar-refractivity contribution < 1.29 is 18.3 Å². The van der Waals surface area contributed by atoms with Gasteiger partial charge in [-0.1, -0.05) is 20.4 Å². The second-order valence-electron chi connectivity index (χ2n) is 11.2. The van der Waals surface area contributed by atoms with Crippen LogP contribution in [0, 0.1) is 11.6 Å². The number of hydrogen-bond acceptors (Lipinski definition) is 8. The molecular weight excluding hydrogens is 586 g/mol. The summed E-state index contributed by atoms with van der Waals surface area (Å²) in [5.41, 5.74) is 0.367. The Kier molecular flexibility index (Phi) is 8.10. The van der Waals surface area contributed by atoms with E-state index in [1.165, 1.54) is 34.9 Å². The van der Waals surface area contributed by atoms with Gasteiger partial charge in [-0.15, -0.1) is 11.8 Å². The van der Waals surface area contributed by atoms with Crippen LogP contribution in [0.25, 0.3) is 28.0 Å². The third kappa shape index (κ3) is 5.31. The molecule has 1 aromatic carbocycles. The highest BCUT2D eigenvalue weighted by Gasteiger charge is 2.31. The van der Waals surface area contributed by atoms with E-state index in [4.69, 9.17) is 4.74 Å². The first kappa shape index (κ1) is 29.7. The number of anilines is 1. The average Bonchev–Trinajstić information content (AvgIpc) is 3.00. The van der Waals surface area contributed by atoms with E-state index >= 15 is 8.78 Å². The molecule has 4 bridgehead atoms. The van der Waals surface area contributed by atoms with Crippen LogP contribution in [-0.2, 0) is 4.79 Å². The molecule has 2 aliphatic heterocycles. The molecule has 0 saturated carbocycles. The molecule has 0 unspecified atom stereocenters. The number of carbonyl (C=O) groups excluding carboxylic acids is 1. The summed E-state index contributed by atoms with van der Waals surface area (Å²) in [5.74, 6) is -0.378. The van der Waals surface area contributed by atoms with E-state index in [0.717, 1.165) is 4.90 Å². The van der Waals surface area contributed by atoms with Crippen molar-refractivity contribution in [3.8, 4) is 22.7 Å². The van der Waals surface area contributed by atoms with E-state index in [2.05, 4.69) is 21.5 Å². The number of thioether (sulfide) groups is 1. The van der Waals surface area contributed by atoms with Crippen LogP contribution in [0.15, 0.2) is 58.9 Å². The summed E-state index contributed by atoms with van der Waals surface area (Å²) in [6, 6.07) is 7.02. The molecule has 1 amide bonds. The molecule has 1 fully saturated rings. The van der Waals surface area contributed by atoms with Gasteiger partial charge in [-0.25, -0.2) is 23.1 Å². The first-order chi connectivity index (χ1) is 21.2. The number of amides is 1. The second-order valence-corrected chi connectivity index (χ2v) is 12.3. The Morgan fingerprint density at radius 2 is 1.98 bits per heavy atom. The predicted molar refractivity (Wildman–Crippen MR) is 167 cm³/mol. The summed E-state index contributed by atoms with van der Waals surface area (Å²) < 4.78 is 38.6. The number of carbonyl (C=O) groups is 1. The normalized spacial score (nSPS) is 16.9. The smallest absolute Gasteiger partial charge is 0.355 e. The number of aromatic nitrogens is 4. The van der Waals surface area contributed by atoms with Crippen LogP contribution in [0.1, 0.15) is 38.8 Å². The van der Waals surface area contributed by atoms with Gasteiger partial charge >= 0.3 is 5.69 Å². The van der Waals surface area contributed by atoms with Crippen LogP contribution in [0.3, 0.4) is 0 Å². The van der Waals surface area contributed by atoms with Gasteiger partial charge in [0, 0.05) is 48.1 Å². The molecule has 1 atom stereocenters. The van der Waals surface area contributed by atoms with Crippen molar-refractivity contribution in [1.82, 2.24) is 24.4 Å². The Morgan fingerprint density at radius 3 is 2.73 bits per heavy atom. The lowest BCUT2D eigenvalue weighted by Gasteiger charge is -2.40. The van der Waals surface area contributed by atoms with E-state index in [1.807, 2.05) is 31.7 Å². The highest BCUT2D eigenvalue weighted by Crippen LogP contribution is 2.37. The van der Waals surface area contributed by atoms with Crippen molar-refractivity contribution in [2.75, 3.05) is 36.9 Å². The summed E-state index contributed by atoms with van der Waals surface area (Å²) in [6.45, 7) is 10.9. The van der Waals surface area contributed by atoms with Gasteiger partial charge in [0.05, 0.1) is 23.4 Å². The number of pyridine rings is 2. The lowest BCUT2D eigenvalue weighted by atomic mass is 10.1. The molecule has 1 saturated heterocycles. The number of hydrogen-bond donors (Lipinski definition) is 0. The quantitative estimate of drug-likeness (QED) is 0.284. The van der Waals surface area contributed by atoms with Crippen LogP contribution in [0.4, 0.5) is 14.6 Å². The molecule has 6 rings (SSSR count). The number of piperazine rings is 1. The summed E-state index contributed by atoms with van der Waals surface area (Å²) >= 11 is 1.56. The Morgan fingerprint density at radius 1 is 1.16 bits per heavy atom. The van der Waals surface area contributed by atoms with Crippen LogP contribution in [-0.4, -0.2) is 68.4 Å². The molecule has 44 heavy (non-hydrogen) atoms. The van der Waals surface area contributed by atoms with Gasteiger partial charge in [0.15, 0.2) is 5.65 Å². The van der Waals surface area contributed by atoms with E-state index in [1.54, 1.807) is 22.9 Å². The molecule has 2 aliphatic rings. The standard InChI is InChI=1S/C32H32F2N6O3S/c1-5-26(41)38-11-12-39(19(4)17-38)30-22-16-24(34)28-21-15-20(7-8-23(21)33)43-13-6-14-44-25-9-10-35-27(18(2)3)29(25)40(31(22)36-28)32(42)37-30/h5,7-10,15-16,18-19H,1,6,11-14,17H2,2-4H3/t19-/m0/s1. The molecule has 0 radical (unpaired) electrons. The average molecular weight is 619 g/mol. The molecule has 0 spiro atoms. The van der Waals surface area contributed by atoms with E-state index < -0.39 is 17.3 Å². The Labute approximate surface area is 257 Å². The Hall–Kier alpha value is -4.32. The topological polar surface area (TPSA) is 93.5 Å². The van der Waals surface area contributed by atoms with Crippen molar-refractivity contribution in [2.24, 2.45) is 0 Å². The van der Waals surface area contributed by atoms with Gasteiger partial charge in [-0.3, -0.25) is 9.78 Å². The zero-order chi connectivity index (χ0) is 31.1. The van der Waals surface area contributed by atoms with E-state index in [9.17, 15) is 9.59 Å². The summed E-state index contributed by atoms with van der Waals surface area (Å²) in [4.78, 5) is 44.7. The minimum absolute atomic E-state index is 0.0704. The monoisotopic (exact) mass is 618 g/mol. The third-order valence-corrected chi connectivity index (χ3v) is 9.01. The molecule has 3 aromatic heterocycles. The minimum Gasteiger partial charge on any atom is -0.494 e. The number of halogens is 2. The largest absolute Gasteiger partial charge is 0.494 e. The Balaban J connectivity index is 1.67. The maximum atomic E-state index is 16.1.